The zero-order valence-corrected chi connectivity index (χ0v) is 17.7. The second-order valence-electron chi connectivity index (χ2n) is 7.34. The molecule has 1 amide bonds. The molecule has 0 bridgehead atoms. The summed E-state index contributed by atoms with van der Waals surface area (Å²) in [5.41, 5.74) is 1.44. The summed E-state index contributed by atoms with van der Waals surface area (Å²) in [6, 6.07) is 14.0. The number of sulfonamides is 1. The number of hydrogen-bond acceptors (Lipinski definition) is 4. The number of methoxy groups -OCH3 is 1. The molecule has 1 saturated heterocycles. The SMILES string of the molecule is COc1ccc(CCNC(=O)c2cccc(S(=O)(=O)N3CCCCC3C)c2)cc1. The van der Waals surface area contributed by atoms with E-state index >= 15 is 0 Å². The summed E-state index contributed by atoms with van der Waals surface area (Å²) in [5, 5.41) is 2.86. The van der Waals surface area contributed by atoms with Crippen LogP contribution in [0.25, 0.3) is 0 Å². The molecule has 0 aliphatic carbocycles. The van der Waals surface area contributed by atoms with Gasteiger partial charge in [-0.25, -0.2) is 8.42 Å². The molecule has 0 saturated carbocycles. The molecular weight excluding hydrogens is 388 g/mol. The van der Waals surface area contributed by atoms with Crippen LogP contribution in [0, 0.1) is 0 Å². The Morgan fingerprint density at radius 2 is 1.93 bits per heavy atom. The molecule has 1 N–H and O–H groups in total. The summed E-state index contributed by atoms with van der Waals surface area (Å²) in [5.74, 6) is 0.515. The maximum Gasteiger partial charge on any atom is 0.251 e. The number of carbonyl (C=O) groups is 1. The number of rotatable bonds is 7. The van der Waals surface area contributed by atoms with Gasteiger partial charge in [0.2, 0.25) is 10.0 Å². The van der Waals surface area contributed by atoms with Crippen molar-refractivity contribution in [1.82, 2.24) is 9.62 Å². The number of nitrogens with zero attached hydrogens (tertiary/aromatic N) is 1. The summed E-state index contributed by atoms with van der Waals surface area (Å²) in [6.07, 6.45) is 3.46. The first-order valence-electron chi connectivity index (χ1n) is 9.95. The first-order chi connectivity index (χ1) is 13.9. The Hall–Kier alpha value is -2.38. The smallest absolute Gasteiger partial charge is 0.251 e. The predicted molar refractivity (Wildman–Crippen MR) is 113 cm³/mol. The fourth-order valence-corrected chi connectivity index (χ4v) is 5.32. The van der Waals surface area contributed by atoms with Crippen LogP contribution in [0.4, 0.5) is 0 Å². The van der Waals surface area contributed by atoms with Gasteiger partial charge in [0.25, 0.3) is 5.91 Å². The Bertz CT molecular complexity index is 942. The highest BCUT2D eigenvalue weighted by Gasteiger charge is 2.31. The van der Waals surface area contributed by atoms with Crippen LogP contribution >= 0.6 is 0 Å². The lowest BCUT2D eigenvalue weighted by atomic mass is 10.1. The van der Waals surface area contributed by atoms with Crippen molar-refractivity contribution in [2.24, 2.45) is 0 Å². The summed E-state index contributed by atoms with van der Waals surface area (Å²) in [7, 11) is -1.98. The van der Waals surface area contributed by atoms with Crippen LogP contribution in [0.15, 0.2) is 53.4 Å². The maximum absolute atomic E-state index is 13.0. The molecule has 0 radical (unpaired) electrons. The Kier molecular flexibility index (Phi) is 6.92. The molecule has 1 atom stereocenters. The zero-order chi connectivity index (χ0) is 20.9. The second kappa shape index (κ2) is 9.41. The third-order valence-electron chi connectivity index (χ3n) is 5.30. The molecule has 2 aromatic rings. The monoisotopic (exact) mass is 416 g/mol. The molecule has 3 rings (SSSR count). The summed E-state index contributed by atoms with van der Waals surface area (Å²) in [4.78, 5) is 12.7. The molecule has 156 valence electrons. The molecule has 0 aromatic heterocycles. The van der Waals surface area contributed by atoms with Gasteiger partial charge in [0.15, 0.2) is 0 Å². The van der Waals surface area contributed by atoms with Crippen molar-refractivity contribution in [3.05, 3.63) is 59.7 Å². The number of piperidine rings is 1. The first kappa shape index (κ1) is 21.3. The minimum atomic E-state index is -3.60. The highest BCUT2D eigenvalue weighted by Crippen LogP contribution is 2.25. The fourth-order valence-electron chi connectivity index (χ4n) is 3.58. The average molecular weight is 417 g/mol. The molecule has 1 heterocycles. The van der Waals surface area contributed by atoms with E-state index < -0.39 is 10.0 Å². The van der Waals surface area contributed by atoms with Gasteiger partial charge in [-0.1, -0.05) is 24.6 Å². The van der Waals surface area contributed by atoms with Crippen molar-refractivity contribution >= 4 is 15.9 Å². The van der Waals surface area contributed by atoms with Gasteiger partial charge in [0.1, 0.15) is 5.75 Å². The molecular formula is C22H28N2O4S. The van der Waals surface area contributed by atoms with Gasteiger partial charge in [-0.15, -0.1) is 0 Å². The fraction of sp³-hybridized carbons (Fsp3) is 0.409. The van der Waals surface area contributed by atoms with Crippen LogP contribution in [0.3, 0.4) is 0 Å². The normalized spacial score (nSPS) is 17.7. The van der Waals surface area contributed by atoms with Crippen molar-refractivity contribution in [3.63, 3.8) is 0 Å². The largest absolute Gasteiger partial charge is 0.497 e. The average Bonchev–Trinajstić information content (AvgIpc) is 2.74. The molecule has 6 nitrogen and oxygen atoms in total. The molecule has 29 heavy (non-hydrogen) atoms. The number of nitrogens with one attached hydrogen (secondary N) is 1. The molecule has 1 aliphatic heterocycles. The maximum atomic E-state index is 13.0. The van der Waals surface area contributed by atoms with Crippen LogP contribution in [0.5, 0.6) is 5.75 Å². The molecule has 1 fully saturated rings. The number of amides is 1. The van der Waals surface area contributed by atoms with Gasteiger partial charge >= 0.3 is 0 Å². The van der Waals surface area contributed by atoms with E-state index in [4.69, 9.17) is 4.74 Å². The minimum Gasteiger partial charge on any atom is -0.497 e. The molecule has 7 heteroatoms. The van der Waals surface area contributed by atoms with E-state index in [1.165, 1.54) is 6.07 Å². The van der Waals surface area contributed by atoms with Crippen LogP contribution in [-0.2, 0) is 16.4 Å². The van der Waals surface area contributed by atoms with E-state index in [0.717, 1.165) is 30.6 Å². The molecule has 2 aromatic carbocycles. The lowest BCUT2D eigenvalue weighted by molar-refractivity contribution is 0.0954. The van der Waals surface area contributed by atoms with Gasteiger partial charge in [-0.3, -0.25) is 4.79 Å². The number of hydrogen-bond donors (Lipinski definition) is 1. The van der Waals surface area contributed by atoms with Gasteiger partial charge in [0, 0.05) is 24.7 Å². The highest BCUT2D eigenvalue weighted by atomic mass is 32.2. The predicted octanol–water partition coefficient (Wildman–Crippen LogP) is 3.23. The van der Waals surface area contributed by atoms with E-state index in [1.54, 1.807) is 29.6 Å². The number of benzene rings is 2. The van der Waals surface area contributed by atoms with E-state index in [9.17, 15) is 13.2 Å². The van der Waals surface area contributed by atoms with Crippen molar-refractivity contribution in [3.8, 4) is 5.75 Å². The van der Waals surface area contributed by atoms with Gasteiger partial charge in [-0.2, -0.15) is 4.31 Å². The summed E-state index contributed by atoms with van der Waals surface area (Å²) in [6.45, 7) is 2.93. The number of ether oxygens (including phenoxy) is 1. The summed E-state index contributed by atoms with van der Waals surface area (Å²) < 4.78 is 32.7. The topological polar surface area (TPSA) is 75.7 Å². The van der Waals surface area contributed by atoms with E-state index in [-0.39, 0.29) is 16.8 Å². The first-order valence-corrected chi connectivity index (χ1v) is 11.4. The quantitative estimate of drug-likeness (QED) is 0.752. The molecule has 0 spiro atoms. The van der Waals surface area contributed by atoms with Crippen molar-refractivity contribution < 1.29 is 17.9 Å². The Labute approximate surface area is 172 Å². The van der Waals surface area contributed by atoms with Crippen molar-refractivity contribution in [2.45, 2.75) is 43.5 Å². The number of carbonyl (C=O) groups excluding carboxylic acids is 1. The van der Waals surface area contributed by atoms with Gasteiger partial charge in [-0.05, 0) is 62.1 Å². The van der Waals surface area contributed by atoms with Crippen LogP contribution in [0.2, 0.25) is 0 Å². The Morgan fingerprint density at radius 3 is 2.62 bits per heavy atom. The third kappa shape index (κ3) is 5.16. The van der Waals surface area contributed by atoms with Gasteiger partial charge in [0.05, 0.1) is 12.0 Å². The lowest BCUT2D eigenvalue weighted by Crippen LogP contribution is -2.42. The van der Waals surface area contributed by atoms with Crippen LogP contribution in [0.1, 0.15) is 42.1 Å². The van der Waals surface area contributed by atoms with Crippen LogP contribution in [-0.4, -0.2) is 44.9 Å². The van der Waals surface area contributed by atoms with Crippen LogP contribution < -0.4 is 10.1 Å². The standard InChI is InChI=1S/C22H28N2O4S/c1-17-6-3-4-15-24(17)29(26,27)21-8-5-7-19(16-21)22(25)23-14-13-18-9-11-20(28-2)12-10-18/h5,7-12,16-17H,3-4,6,13-15H2,1-2H3,(H,23,25). The van der Waals surface area contributed by atoms with Gasteiger partial charge < -0.3 is 10.1 Å². The molecule has 1 unspecified atom stereocenters. The van der Waals surface area contributed by atoms with Crippen molar-refractivity contribution in [1.29, 1.82) is 0 Å². The van der Waals surface area contributed by atoms with Crippen molar-refractivity contribution in [2.75, 3.05) is 20.2 Å². The van der Waals surface area contributed by atoms with E-state index in [2.05, 4.69) is 5.32 Å². The lowest BCUT2D eigenvalue weighted by Gasteiger charge is -2.32. The third-order valence-corrected chi connectivity index (χ3v) is 7.31. The van der Waals surface area contributed by atoms with E-state index in [1.807, 2.05) is 31.2 Å². The second-order valence-corrected chi connectivity index (χ2v) is 9.23. The summed E-state index contributed by atoms with van der Waals surface area (Å²) >= 11 is 0. The Balaban J connectivity index is 1.64. The highest BCUT2D eigenvalue weighted by molar-refractivity contribution is 7.89. The molecule has 1 aliphatic rings. The minimum absolute atomic E-state index is 0.0178. The van der Waals surface area contributed by atoms with E-state index in [0.29, 0.717) is 25.1 Å². The zero-order valence-electron chi connectivity index (χ0n) is 16.9. The Morgan fingerprint density at radius 1 is 1.17 bits per heavy atom.